The molecule has 0 aromatic carbocycles. The van der Waals surface area contributed by atoms with E-state index in [9.17, 15) is 4.79 Å². The van der Waals surface area contributed by atoms with E-state index in [4.69, 9.17) is 4.74 Å². The van der Waals surface area contributed by atoms with Crippen LogP contribution in [0.2, 0.25) is 0 Å². The van der Waals surface area contributed by atoms with Crippen molar-refractivity contribution in [3.8, 4) is 0 Å². The number of carbonyl (C=O) groups excluding carboxylic acids is 1. The molecule has 1 atom stereocenters. The Morgan fingerprint density at radius 3 is 3.00 bits per heavy atom. The predicted octanol–water partition coefficient (Wildman–Crippen LogP) is -0.344. The molecule has 1 saturated heterocycles. The molecule has 1 rings (SSSR count). The highest BCUT2D eigenvalue weighted by molar-refractivity contribution is 5.69. The van der Waals surface area contributed by atoms with Gasteiger partial charge in [-0.25, -0.2) is 4.79 Å². The normalized spacial score (nSPS) is 25.2. The third-order valence-corrected chi connectivity index (χ3v) is 1.49. The number of nitrogens with one attached hydrogen (secondary N) is 1. The number of ether oxygens (including phenoxy) is 1. The van der Waals surface area contributed by atoms with E-state index in [0.717, 1.165) is 6.54 Å². The van der Waals surface area contributed by atoms with Crippen molar-refractivity contribution in [3.05, 3.63) is 0 Å². The number of amides is 1. The number of nitrogens with zero attached hydrogens (tertiary/aromatic N) is 1. The Labute approximate surface area is 60.1 Å². The number of hydrogen-bond acceptors (Lipinski definition) is 3. The van der Waals surface area contributed by atoms with Crippen LogP contribution < -0.4 is 5.32 Å². The largest absolute Gasteiger partial charge is 0.443 e. The van der Waals surface area contributed by atoms with Crippen LogP contribution in [0.25, 0.3) is 0 Å². The first-order chi connectivity index (χ1) is 4.74. The van der Waals surface area contributed by atoms with Gasteiger partial charge in [-0.1, -0.05) is 0 Å². The van der Waals surface area contributed by atoms with Crippen LogP contribution in [0.1, 0.15) is 0 Å². The highest BCUT2D eigenvalue weighted by Gasteiger charge is 2.26. The third-order valence-electron chi connectivity index (χ3n) is 1.49. The fourth-order valence-corrected chi connectivity index (χ4v) is 0.984. The van der Waals surface area contributed by atoms with Gasteiger partial charge in [0.25, 0.3) is 0 Å². The van der Waals surface area contributed by atoms with Crippen molar-refractivity contribution in [2.45, 2.75) is 6.10 Å². The van der Waals surface area contributed by atoms with E-state index >= 15 is 0 Å². The van der Waals surface area contributed by atoms with Gasteiger partial charge in [0.2, 0.25) is 0 Å². The van der Waals surface area contributed by atoms with Gasteiger partial charge in [0, 0.05) is 13.6 Å². The first-order valence-electron chi connectivity index (χ1n) is 3.30. The number of likely N-dealkylation sites (N-methyl/N-ethyl adjacent to an activating group) is 2. The van der Waals surface area contributed by atoms with Crippen LogP contribution in [0.4, 0.5) is 4.79 Å². The van der Waals surface area contributed by atoms with Gasteiger partial charge < -0.3 is 15.0 Å². The molecule has 0 bridgehead atoms. The monoisotopic (exact) mass is 144 g/mol. The second-order valence-corrected chi connectivity index (χ2v) is 2.44. The van der Waals surface area contributed by atoms with E-state index < -0.39 is 0 Å². The summed E-state index contributed by atoms with van der Waals surface area (Å²) in [6, 6.07) is 0. The Bertz CT molecular complexity index is 138. The predicted molar refractivity (Wildman–Crippen MR) is 36.8 cm³/mol. The molecule has 0 saturated carbocycles. The molecule has 0 aromatic rings. The van der Waals surface area contributed by atoms with E-state index in [-0.39, 0.29) is 12.2 Å². The summed E-state index contributed by atoms with van der Waals surface area (Å²) in [5.41, 5.74) is 0. The lowest BCUT2D eigenvalue weighted by Crippen LogP contribution is -2.27. The minimum atomic E-state index is -0.222. The van der Waals surface area contributed by atoms with Crippen LogP contribution in [0.15, 0.2) is 0 Å². The molecule has 1 unspecified atom stereocenters. The molecule has 0 radical (unpaired) electrons. The van der Waals surface area contributed by atoms with Crippen molar-refractivity contribution in [1.29, 1.82) is 0 Å². The lowest BCUT2D eigenvalue weighted by atomic mass is 10.3. The van der Waals surface area contributed by atoms with E-state index in [0.29, 0.717) is 6.54 Å². The van der Waals surface area contributed by atoms with E-state index in [1.165, 1.54) is 0 Å². The smallest absolute Gasteiger partial charge is 0.410 e. The second kappa shape index (κ2) is 2.88. The summed E-state index contributed by atoms with van der Waals surface area (Å²) in [7, 11) is 3.57. The number of rotatable bonds is 2. The van der Waals surface area contributed by atoms with E-state index in [1.54, 1.807) is 11.9 Å². The van der Waals surface area contributed by atoms with Crippen molar-refractivity contribution in [3.63, 3.8) is 0 Å². The van der Waals surface area contributed by atoms with Gasteiger partial charge >= 0.3 is 6.09 Å². The molecule has 1 fully saturated rings. The zero-order valence-corrected chi connectivity index (χ0v) is 6.26. The summed E-state index contributed by atoms with van der Waals surface area (Å²) >= 11 is 0. The van der Waals surface area contributed by atoms with Crippen molar-refractivity contribution in [1.82, 2.24) is 10.2 Å². The van der Waals surface area contributed by atoms with Crippen LogP contribution in [-0.4, -0.2) is 44.3 Å². The van der Waals surface area contributed by atoms with Crippen molar-refractivity contribution < 1.29 is 9.53 Å². The Kier molecular flexibility index (Phi) is 2.11. The standard InChI is InChI=1S/C6H12N2O2/c1-7-3-5-4-8(2)6(9)10-5/h5,7H,3-4H2,1-2H3. The van der Waals surface area contributed by atoms with E-state index in [1.807, 2.05) is 7.05 Å². The molecule has 58 valence electrons. The molecule has 10 heavy (non-hydrogen) atoms. The number of hydrogen-bond donors (Lipinski definition) is 1. The summed E-state index contributed by atoms with van der Waals surface area (Å²) in [6.07, 6.45) is -0.192. The van der Waals surface area contributed by atoms with Crippen LogP contribution in [0.5, 0.6) is 0 Å². The summed E-state index contributed by atoms with van der Waals surface area (Å²) in [6.45, 7) is 1.43. The molecule has 1 aliphatic heterocycles. The van der Waals surface area contributed by atoms with Gasteiger partial charge in [-0.15, -0.1) is 0 Å². The fourth-order valence-electron chi connectivity index (χ4n) is 0.984. The van der Waals surface area contributed by atoms with Gasteiger partial charge in [-0.3, -0.25) is 0 Å². The Morgan fingerprint density at radius 1 is 1.90 bits per heavy atom. The average Bonchev–Trinajstić information content (AvgIpc) is 2.14. The molecular formula is C6H12N2O2. The molecule has 1 heterocycles. The first kappa shape index (κ1) is 7.34. The van der Waals surface area contributed by atoms with Gasteiger partial charge in [0.15, 0.2) is 0 Å². The molecule has 0 aromatic heterocycles. The molecule has 0 spiro atoms. The number of carbonyl (C=O) groups is 1. The van der Waals surface area contributed by atoms with Gasteiger partial charge in [0.05, 0.1) is 6.54 Å². The number of cyclic esters (lactones) is 1. The molecule has 4 heteroatoms. The zero-order chi connectivity index (χ0) is 7.56. The average molecular weight is 144 g/mol. The lowest BCUT2D eigenvalue weighted by Gasteiger charge is -2.04. The van der Waals surface area contributed by atoms with E-state index in [2.05, 4.69) is 5.32 Å². The van der Waals surface area contributed by atoms with Crippen LogP contribution in [-0.2, 0) is 4.74 Å². The Hall–Kier alpha value is -0.770. The zero-order valence-electron chi connectivity index (χ0n) is 6.26. The maximum absolute atomic E-state index is 10.7. The quantitative estimate of drug-likeness (QED) is 0.576. The maximum atomic E-state index is 10.7. The summed E-state index contributed by atoms with van der Waals surface area (Å²) in [4.78, 5) is 12.3. The highest BCUT2D eigenvalue weighted by Crippen LogP contribution is 2.06. The summed E-state index contributed by atoms with van der Waals surface area (Å²) in [5, 5.41) is 2.95. The minimum absolute atomic E-state index is 0.0301. The van der Waals surface area contributed by atoms with Crippen LogP contribution >= 0.6 is 0 Å². The maximum Gasteiger partial charge on any atom is 0.410 e. The molecule has 1 amide bonds. The molecule has 0 aliphatic carbocycles. The molecule has 1 aliphatic rings. The summed E-state index contributed by atoms with van der Waals surface area (Å²) in [5.74, 6) is 0. The van der Waals surface area contributed by atoms with Crippen LogP contribution in [0, 0.1) is 0 Å². The van der Waals surface area contributed by atoms with Gasteiger partial charge in [-0.2, -0.15) is 0 Å². The van der Waals surface area contributed by atoms with Gasteiger partial charge in [0.1, 0.15) is 6.10 Å². The third kappa shape index (κ3) is 1.39. The lowest BCUT2D eigenvalue weighted by molar-refractivity contribution is 0.134. The van der Waals surface area contributed by atoms with Crippen molar-refractivity contribution in [2.24, 2.45) is 0 Å². The summed E-state index contributed by atoms with van der Waals surface area (Å²) < 4.78 is 4.94. The first-order valence-corrected chi connectivity index (χ1v) is 3.30. The van der Waals surface area contributed by atoms with Crippen molar-refractivity contribution >= 4 is 6.09 Å². The molecule has 4 nitrogen and oxygen atoms in total. The Balaban J connectivity index is 2.34. The Morgan fingerprint density at radius 2 is 2.60 bits per heavy atom. The topological polar surface area (TPSA) is 41.6 Å². The SMILES string of the molecule is CNCC1CN(C)C(=O)O1. The molecular weight excluding hydrogens is 132 g/mol. The fraction of sp³-hybridized carbons (Fsp3) is 0.833. The molecule has 1 N–H and O–H groups in total. The van der Waals surface area contributed by atoms with Crippen molar-refractivity contribution in [2.75, 3.05) is 27.2 Å². The van der Waals surface area contributed by atoms with Gasteiger partial charge in [-0.05, 0) is 7.05 Å². The highest BCUT2D eigenvalue weighted by atomic mass is 16.6. The minimum Gasteiger partial charge on any atom is -0.443 e. The second-order valence-electron chi connectivity index (χ2n) is 2.44. The van der Waals surface area contributed by atoms with Crippen LogP contribution in [0.3, 0.4) is 0 Å².